The van der Waals surface area contributed by atoms with Gasteiger partial charge in [-0.1, -0.05) is 6.42 Å². The second-order valence-electron chi connectivity index (χ2n) is 4.96. The molecule has 0 unspecified atom stereocenters. The predicted molar refractivity (Wildman–Crippen MR) is 70.7 cm³/mol. The third-order valence-electron chi connectivity index (χ3n) is 3.54. The van der Waals surface area contributed by atoms with Crippen LogP contribution in [0.4, 0.5) is 0 Å². The molecule has 1 heterocycles. The Hall–Kier alpha value is -0.850. The van der Waals surface area contributed by atoms with Crippen molar-refractivity contribution >= 4 is 10.0 Å². The number of aromatic nitrogens is 1. The summed E-state index contributed by atoms with van der Waals surface area (Å²) in [6.45, 7) is 1.23. The lowest BCUT2D eigenvalue weighted by Crippen LogP contribution is -2.32. The van der Waals surface area contributed by atoms with Crippen molar-refractivity contribution in [2.75, 3.05) is 13.6 Å². The molecule has 0 aliphatic heterocycles. The Balaban J connectivity index is 2.05. The van der Waals surface area contributed by atoms with Crippen molar-refractivity contribution in [1.82, 2.24) is 14.6 Å². The Morgan fingerprint density at radius 2 is 2.17 bits per heavy atom. The summed E-state index contributed by atoms with van der Waals surface area (Å²) in [6.07, 6.45) is 5.17. The average molecular weight is 271 g/mol. The molecule has 0 atom stereocenters. The molecule has 18 heavy (non-hydrogen) atoms. The molecule has 1 fully saturated rings. The smallest absolute Gasteiger partial charge is 0.242 e. The van der Waals surface area contributed by atoms with E-state index in [9.17, 15) is 8.42 Å². The van der Waals surface area contributed by atoms with Crippen molar-refractivity contribution in [3.8, 4) is 0 Å². The molecule has 1 aromatic rings. The maximum absolute atomic E-state index is 12.1. The SMILES string of the molecule is CNCc1cc(S(=O)(=O)NCC2CCC2)cn1C. The zero-order valence-electron chi connectivity index (χ0n) is 10.9. The van der Waals surface area contributed by atoms with Crippen molar-refractivity contribution in [3.05, 3.63) is 18.0 Å². The lowest BCUT2D eigenvalue weighted by molar-refractivity contribution is 0.316. The fourth-order valence-corrected chi connectivity index (χ4v) is 3.30. The molecule has 1 aliphatic rings. The molecule has 1 aliphatic carbocycles. The highest BCUT2D eigenvalue weighted by atomic mass is 32.2. The van der Waals surface area contributed by atoms with E-state index in [-0.39, 0.29) is 0 Å². The monoisotopic (exact) mass is 271 g/mol. The summed E-state index contributed by atoms with van der Waals surface area (Å²) in [5.41, 5.74) is 0.960. The lowest BCUT2D eigenvalue weighted by atomic mass is 9.86. The van der Waals surface area contributed by atoms with E-state index in [1.165, 1.54) is 6.42 Å². The summed E-state index contributed by atoms with van der Waals surface area (Å²) in [7, 11) is 0.352. The number of rotatable bonds is 6. The van der Waals surface area contributed by atoms with Crippen LogP contribution in [0.5, 0.6) is 0 Å². The zero-order chi connectivity index (χ0) is 13.2. The Morgan fingerprint density at radius 3 is 2.72 bits per heavy atom. The molecule has 0 bridgehead atoms. The van der Waals surface area contributed by atoms with Gasteiger partial charge in [0.15, 0.2) is 0 Å². The maximum Gasteiger partial charge on any atom is 0.242 e. The van der Waals surface area contributed by atoms with E-state index >= 15 is 0 Å². The third kappa shape index (κ3) is 2.93. The molecular weight excluding hydrogens is 250 g/mol. The fraction of sp³-hybridized carbons (Fsp3) is 0.667. The van der Waals surface area contributed by atoms with Crippen molar-refractivity contribution < 1.29 is 8.42 Å². The number of hydrogen-bond acceptors (Lipinski definition) is 3. The van der Waals surface area contributed by atoms with Gasteiger partial charge in [-0.05, 0) is 31.9 Å². The molecule has 6 heteroatoms. The molecule has 5 nitrogen and oxygen atoms in total. The lowest BCUT2D eigenvalue weighted by Gasteiger charge is -2.25. The van der Waals surface area contributed by atoms with Crippen LogP contribution in [0.1, 0.15) is 25.0 Å². The van der Waals surface area contributed by atoms with Gasteiger partial charge in [-0.25, -0.2) is 13.1 Å². The third-order valence-corrected chi connectivity index (χ3v) is 4.93. The van der Waals surface area contributed by atoms with Gasteiger partial charge in [-0.3, -0.25) is 0 Å². The second-order valence-corrected chi connectivity index (χ2v) is 6.72. The van der Waals surface area contributed by atoms with Crippen molar-refractivity contribution in [2.24, 2.45) is 13.0 Å². The molecule has 0 spiro atoms. The topological polar surface area (TPSA) is 63.1 Å². The van der Waals surface area contributed by atoms with Crippen LogP contribution in [0.3, 0.4) is 0 Å². The Bertz CT molecular complexity index is 503. The van der Waals surface area contributed by atoms with Gasteiger partial charge < -0.3 is 9.88 Å². The number of hydrogen-bond donors (Lipinski definition) is 2. The highest BCUT2D eigenvalue weighted by Gasteiger charge is 2.22. The Morgan fingerprint density at radius 1 is 1.44 bits per heavy atom. The first kappa shape index (κ1) is 13.6. The number of nitrogens with one attached hydrogen (secondary N) is 2. The molecule has 0 amide bonds. The Kier molecular flexibility index (Phi) is 4.09. The van der Waals surface area contributed by atoms with Gasteiger partial charge in [0.05, 0.1) is 4.90 Å². The molecule has 1 saturated carbocycles. The van der Waals surface area contributed by atoms with Gasteiger partial charge in [0.25, 0.3) is 0 Å². The van der Waals surface area contributed by atoms with Gasteiger partial charge in [0.1, 0.15) is 0 Å². The van der Waals surface area contributed by atoms with Gasteiger partial charge in [-0.2, -0.15) is 0 Å². The highest BCUT2D eigenvalue weighted by Crippen LogP contribution is 2.25. The highest BCUT2D eigenvalue weighted by molar-refractivity contribution is 7.89. The van der Waals surface area contributed by atoms with Crippen LogP contribution in [0.25, 0.3) is 0 Å². The first-order chi connectivity index (χ1) is 8.53. The zero-order valence-corrected chi connectivity index (χ0v) is 11.8. The van der Waals surface area contributed by atoms with Gasteiger partial charge in [0, 0.05) is 32.0 Å². The van der Waals surface area contributed by atoms with Gasteiger partial charge in [0.2, 0.25) is 10.0 Å². The molecule has 2 N–H and O–H groups in total. The van der Waals surface area contributed by atoms with Crippen LogP contribution < -0.4 is 10.0 Å². The summed E-state index contributed by atoms with van der Waals surface area (Å²) >= 11 is 0. The van der Waals surface area contributed by atoms with Crippen molar-refractivity contribution in [3.63, 3.8) is 0 Å². The van der Waals surface area contributed by atoms with Crippen molar-refractivity contribution in [2.45, 2.75) is 30.7 Å². The number of sulfonamides is 1. The Labute approximate surface area is 109 Å². The minimum absolute atomic E-state index is 0.356. The van der Waals surface area contributed by atoms with E-state index in [2.05, 4.69) is 10.0 Å². The van der Waals surface area contributed by atoms with E-state index < -0.39 is 10.0 Å². The molecule has 2 rings (SSSR count). The van der Waals surface area contributed by atoms with Gasteiger partial charge in [-0.15, -0.1) is 0 Å². The van der Waals surface area contributed by atoms with E-state index in [1.807, 2.05) is 18.7 Å². The van der Waals surface area contributed by atoms with E-state index in [0.717, 1.165) is 18.5 Å². The quantitative estimate of drug-likeness (QED) is 0.805. The number of aryl methyl sites for hydroxylation is 1. The standard InChI is InChI=1S/C12H21N3O2S/c1-13-8-11-6-12(9-15(11)2)18(16,17)14-7-10-4-3-5-10/h6,9-10,13-14H,3-5,7-8H2,1-2H3. The maximum atomic E-state index is 12.1. The molecule has 0 radical (unpaired) electrons. The normalized spacial score (nSPS) is 16.8. The second kappa shape index (κ2) is 5.42. The summed E-state index contributed by atoms with van der Waals surface area (Å²) in [4.78, 5) is 0.356. The van der Waals surface area contributed by atoms with Crippen LogP contribution in [0.15, 0.2) is 17.2 Å². The average Bonchev–Trinajstić information content (AvgIpc) is 2.59. The molecule has 1 aromatic heterocycles. The molecule has 102 valence electrons. The molecule has 0 saturated heterocycles. The number of nitrogens with zero attached hydrogens (tertiary/aromatic N) is 1. The first-order valence-corrected chi connectivity index (χ1v) is 7.81. The van der Waals surface area contributed by atoms with Crippen molar-refractivity contribution in [1.29, 1.82) is 0 Å². The van der Waals surface area contributed by atoms with E-state index in [4.69, 9.17) is 0 Å². The summed E-state index contributed by atoms with van der Waals surface area (Å²) < 4.78 is 28.7. The first-order valence-electron chi connectivity index (χ1n) is 6.32. The fourth-order valence-electron chi connectivity index (χ4n) is 2.09. The summed E-state index contributed by atoms with van der Waals surface area (Å²) in [6, 6.07) is 1.72. The van der Waals surface area contributed by atoms with Crippen LogP contribution in [-0.2, 0) is 23.6 Å². The van der Waals surface area contributed by atoms with Crippen LogP contribution >= 0.6 is 0 Å². The van der Waals surface area contributed by atoms with Crippen LogP contribution in [0.2, 0.25) is 0 Å². The van der Waals surface area contributed by atoms with Crippen LogP contribution in [-0.4, -0.2) is 26.6 Å². The van der Waals surface area contributed by atoms with E-state index in [0.29, 0.717) is 23.9 Å². The molecular formula is C12H21N3O2S. The van der Waals surface area contributed by atoms with E-state index in [1.54, 1.807) is 12.3 Å². The van der Waals surface area contributed by atoms with Gasteiger partial charge >= 0.3 is 0 Å². The minimum atomic E-state index is -3.35. The predicted octanol–water partition coefficient (Wildman–Crippen LogP) is 0.823. The summed E-state index contributed by atoms with van der Waals surface area (Å²) in [5.74, 6) is 0.528. The molecule has 0 aromatic carbocycles. The minimum Gasteiger partial charge on any atom is -0.352 e. The largest absolute Gasteiger partial charge is 0.352 e. The van der Waals surface area contributed by atoms with Crippen LogP contribution in [0, 0.1) is 5.92 Å². The summed E-state index contributed by atoms with van der Waals surface area (Å²) in [5, 5.41) is 3.02.